The Morgan fingerprint density at radius 2 is 1.74 bits per heavy atom. The normalized spacial score (nSPS) is 22.3. The Morgan fingerprint density at radius 3 is 2.47 bits per heavy atom. The number of aromatic nitrogens is 2. The van der Waals surface area contributed by atoms with Crippen molar-refractivity contribution >= 4 is 22.5 Å². The number of carbonyl (C=O) groups excluding carboxylic acids is 1. The predicted octanol–water partition coefficient (Wildman–Crippen LogP) is 5.40. The highest BCUT2D eigenvalue weighted by atomic mass is 19.1. The maximum absolute atomic E-state index is 13.4. The zero-order valence-corrected chi connectivity index (χ0v) is 19.1. The van der Waals surface area contributed by atoms with Gasteiger partial charge in [-0.3, -0.25) is 4.79 Å². The summed E-state index contributed by atoms with van der Waals surface area (Å²) in [5.41, 5.74) is 4.10. The van der Waals surface area contributed by atoms with Crippen LogP contribution in [0.5, 0.6) is 0 Å². The van der Waals surface area contributed by atoms with Crippen molar-refractivity contribution in [2.24, 2.45) is 5.92 Å². The standard InChI is InChI=1S/C28H27FN4O/c1-18-15-25(31-28(34)20-7-8-20)27(19-5-3-2-4-6-19)32(18)24-13-14-26-21(16-24)17-30-33(26)23-11-9-22(29)10-12-23/h2-6,9-14,16-18,20,25,27H,7-8,15H2,1H3,(H,31,34)/t18-,25?,27-/m1/s1. The minimum Gasteiger partial charge on any atom is -0.360 e. The van der Waals surface area contributed by atoms with Crippen molar-refractivity contribution in [3.63, 3.8) is 0 Å². The largest absolute Gasteiger partial charge is 0.360 e. The Labute approximate surface area is 198 Å². The predicted molar refractivity (Wildman–Crippen MR) is 131 cm³/mol. The van der Waals surface area contributed by atoms with Crippen LogP contribution in [-0.2, 0) is 4.79 Å². The molecular weight excluding hydrogens is 427 g/mol. The van der Waals surface area contributed by atoms with Gasteiger partial charge >= 0.3 is 0 Å². The number of hydrogen-bond donors (Lipinski definition) is 1. The summed E-state index contributed by atoms with van der Waals surface area (Å²) in [6, 6.07) is 23.6. The molecule has 0 spiro atoms. The first-order valence-corrected chi connectivity index (χ1v) is 12.0. The topological polar surface area (TPSA) is 50.2 Å². The van der Waals surface area contributed by atoms with Crippen LogP contribution in [0, 0.1) is 11.7 Å². The Bertz CT molecular complexity index is 1330. The SMILES string of the molecule is C[C@@H]1CC(NC(=O)C2CC2)[C@@H](c2ccccc2)N1c1ccc2c(cnn2-c2ccc(F)cc2)c1. The van der Waals surface area contributed by atoms with Gasteiger partial charge in [0.1, 0.15) is 5.82 Å². The van der Waals surface area contributed by atoms with E-state index in [2.05, 4.69) is 64.7 Å². The van der Waals surface area contributed by atoms with Gasteiger partial charge in [0, 0.05) is 23.0 Å². The van der Waals surface area contributed by atoms with Crippen molar-refractivity contribution in [2.45, 2.75) is 44.3 Å². The quantitative estimate of drug-likeness (QED) is 0.439. The highest BCUT2D eigenvalue weighted by Crippen LogP contribution is 2.42. The molecule has 1 amide bonds. The first-order valence-electron chi connectivity index (χ1n) is 12.0. The van der Waals surface area contributed by atoms with Gasteiger partial charge in [-0.25, -0.2) is 9.07 Å². The Hall–Kier alpha value is -3.67. The van der Waals surface area contributed by atoms with Crippen LogP contribution in [-0.4, -0.2) is 27.8 Å². The molecule has 3 aromatic carbocycles. The minimum absolute atomic E-state index is 0.0585. The van der Waals surface area contributed by atoms with E-state index in [1.165, 1.54) is 17.7 Å². The van der Waals surface area contributed by atoms with Crippen LogP contribution in [0.4, 0.5) is 10.1 Å². The summed E-state index contributed by atoms with van der Waals surface area (Å²) in [5.74, 6) is 0.117. The third-order valence-corrected chi connectivity index (χ3v) is 7.09. The molecule has 1 saturated carbocycles. The summed E-state index contributed by atoms with van der Waals surface area (Å²) in [7, 11) is 0. The molecule has 0 radical (unpaired) electrons. The third-order valence-electron chi connectivity index (χ3n) is 7.09. The number of rotatable bonds is 5. The number of anilines is 1. The lowest BCUT2D eigenvalue weighted by Gasteiger charge is -2.33. The maximum atomic E-state index is 13.4. The van der Waals surface area contributed by atoms with Gasteiger partial charge < -0.3 is 10.2 Å². The monoisotopic (exact) mass is 454 g/mol. The van der Waals surface area contributed by atoms with Crippen LogP contribution in [0.1, 0.15) is 37.8 Å². The number of hydrogen-bond acceptors (Lipinski definition) is 3. The molecule has 1 unspecified atom stereocenters. The number of nitrogens with zero attached hydrogens (tertiary/aromatic N) is 3. The van der Waals surface area contributed by atoms with Gasteiger partial charge in [0.05, 0.1) is 29.5 Å². The second kappa shape index (κ2) is 8.28. The van der Waals surface area contributed by atoms with Crippen LogP contribution in [0.25, 0.3) is 16.6 Å². The van der Waals surface area contributed by atoms with Crippen molar-refractivity contribution in [1.82, 2.24) is 15.1 Å². The van der Waals surface area contributed by atoms with Crippen LogP contribution in [0.15, 0.2) is 79.0 Å². The van der Waals surface area contributed by atoms with Crippen LogP contribution < -0.4 is 10.2 Å². The molecule has 0 bridgehead atoms. The molecule has 4 aromatic rings. The van der Waals surface area contributed by atoms with Gasteiger partial charge in [0.15, 0.2) is 0 Å². The van der Waals surface area contributed by atoms with Gasteiger partial charge in [-0.1, -0.05) is 30.3 Å². The van der Waals surface area contributed by atoms with E-state index in [1.54, 1.807) is 12.1 Å². The summed E-state index contributed by atoms with van der Waals surface area (Å²) < 4.78 is 15.2. The van der Waals surface area contributed by atoms with Crippen LogP contribution in [0.2, 0.25) is 0 Å². The molecule has 2 heterocycles. The fraction of sp³-hybridized carbons (Fsp3) is 0.286. The minimum atomic E-state index is -0.263. The molecule has 3 atom stereocenters. The molecule has 6 rings (SSSR count). The second-order valence-electron chi connectivity index (χ2n) is 9.51. The Balaban J connectivity index is 1.37. The van der Waals surface area contributed by atoms with E-state index in [4.69, 9.17) is 0 Å². The van der Waals surface area contributed by atoms with Gasteiger partial charge in [-0.05, 0) is 74.2 Å². The Kier molecular flexibility index (Phi) is 5.09. The summed E-state index contributed by atoms with van der Waals surface area (Å²) in [4.78, 5) is 15.1. The first-order chi connectivity index (χ1) is 16.6. The molecule has 5 nitrogen and oxygen atoms in total. The number of halogens is 1. The van der Waals surface area contributed by atoms with Crippen molar-refractivity contribution in [3.05, 3.63) is 90.4 Å². The second-order valence-corrected chi connectivity index (χ2v) is 9.51. The molecule has 1 aliphatic heterocycles. The number of carbonyl (C=O) groups is 1. The van der Waals surface area contributed by atoms with E-state index in [1.807, 2.05) is 16.9 Å². The van der Waals surface area contributed by atoms with Crippen molar-refractivity contribution in [2.75, 3.05) is 4.90 Å². The maximum Gasteiger partial charge on any atom is 0.223 e. The summed E-state index contributed by atoms with van der Waals surface area (Å²) >= 11 is 0. The highest BCUT2D eigenvalue weighted by Gasteiger charge is 2.42. The van der Waals surface area contributed by atoms with Crippen molar-refractivity contribution < 1.29 is 9.18 Å². The molecule has 6 heteroatoms. The fourth-order valence-electron chi connectivity index (χ4n) is 5.29. The van der Waals surface area contributed by atoms with Gasteiger partial charge in [0.2, 0.25) is 5.91 Å². The molecule has 1 aromatic heterocycles. The number of amides is 1. The van der Waals surface area contributed by atoms with Gasteiger partial charge in [-0.2, -0.15) is 5.10 Å². The van der Waals surface area contributed by atoms with E-state index in [-0.39, 0.29) is 35.8 Å². The van der Waals surface area contributed by atoms with Gasteiger partial charge in [0.25, 0.3) is 0 Å². The zero-order valence-electron chi connectivity index (χ0n) is 19.1. The summed E-state index contributed by atoms with van der Waals surface area (Å²) in [5, 5.41) is 8.94. The van der Waals surface area contributed by atoms with Gasteiger partial charge in [-0.15, -0.1) is 0 Å². The molecule has 2 aliphatic rings. The molecule has 1 aliphatic carbocycles. The average Bonchev–Trinajstić information content (AvgIpc) is 3.55. The number of nitrogens with one attached hydrogen (secondary N) is 1. The summed E-state index contributed by atoms with van der Waals surface area (Å²) in [6.07, 6.45) is 4.75. The molecular formula is C28H27FN4O. The van der Waals surface area contributed by atoms with E-state index < -0.39 is 0 Å². The van der Waals surface area contributed by atoms with Crippen molar-refractivity contribution in [3.8, 4) is 5.69 Å². The van der Waals surface area contributed by atoms with E-state index >= 15 is 0 Å². The van der Waals surface area contributed by atoms with Crippen LogP contribution >= 0.6 is 0 Å². The number of fused-ring (bicyclic) bond motifs is 1. The molecule has 172 valence electrons. The van der Waals surface area contributed by atoms with E-state index in [9.17, 15) is 9.18 Å². The van der Waals surface area contributed by atoms with Crippen molar-refractivity contribution in [1.29, 1.82) is 0 Å². The van der Waals surface area contributed by atoms with E-state index in [0.717, 1.165) is 41.5 Å². The molecule has 1 saturated heterocycles. The molecule has 2 fully saturated rings. The van der Waals surface area contributed by atoms with Crippen LogP contribution in [0.3, 0.4) is 0 Å². The summed E-state index contributed by atoms with van der Waals surface area (Å²) in [6.45, 7) is 2.23. The molecule has 1 N–H and O–H groups in total. The zero-order chi connectivity index (χ0) is 23.2. The lowest BCUT2D eigenvalue weighted by Crippen LogP contribution is -2.40. The van der Waals surface area contributed by atoms with E-state index in [0.29, 0.717) is 0 Å². The fourth-order valence-corrected chi connectivity index (χ4v) is 5.29. The smallest absolute Gasteiger partial charge is 0.223 e. The first kappa shape index (κ1) is 20.9. The third kappa shape index (κ3) is 3.73. The lowest BCUT2D eigenvalue weighted by atomic mass is 9.99. The average molecular weight is 455 g/mol. The number of benzene rings is 3. The lowest BCUT2D eigenvalue weighted by molar-refractivity contribution is -0.123. The Morgan fingerprint density at radius 1 is 1.00 bits per heavy atom. The highest BCUT2D eigenvalue weighted by molar-refractivity contribution is 5.85. The molecule has 34 heavy (non-hydrogen) atoms.